The van der Waals surface area contributed by atoms with Crippen LogP contribution in [0.3, 0.4) is 0 Å². The summed E-state index contributed by atoms with van der Waals surface area (Å²) in [6.07, 6.45) is 2.63. The van der Waals surface area contributed by atoms with Gasteiger partial charge in [-0.2, -0.15) is 0 Å². The lowest BCUT2D eigenvalue weighted by atomic mass is 10.2. The van der Waals surface area contributed by atoms with Crippen molar-refractivity contribution in [1.29, 1.82) is 0 Å². The zero-order chi connectivity index (χ0) is 5.98. The van der Waals surface area contributed by atoms with Crippen molar-refractivity contribution >= 4 is 0 Å². The number of nitrogens with two attached hydrogens (primary N) is 1. The van der Waals surface area contributed by atoms with Crippen molar-refractivity contribution in [2.45, 2.75) is 18.9 Å². The van der Waals surface area contributed by atoms with Gasteiger partial charge >= 0.3 is 0 Å². The highest BCUT2D eigenvalue weighted by atomic mass is 15.2. The molecule has 8 heavy (non-hydrogen) atoms. The average molecular weight is 114 g/mol. The number of hydrogen-bond acceptors (Lipinski definition) is 2. The molecule has 48 valence electrons. The Morgan fingerprint density at radius 2 is 2.50 bits per heavy atom. The zero-order valence-corrected chi connectivity index (χ0v) is 5.43. The zero-order valence-electron chi connectivity index (χ0n) is 5.43. The van der Waals surface area contributed by atoms with Crippen LogP contribution in [0, 0.1) is 0 Å². The van der Waals surface area contributed by atoms with Crippen molar-refractivity contribution < 1.29 is 0 Å². The van der Waals surface area contributed by atoms with Gasteiger partial charge in [0.15, 0.2) is 0 Å². The van der Waals surface area contributed by atoms with Crippen LogP contribution in [0.1, 0.15) is 12.8 Å². The van der Waals surface area contributed by atoms with Crippen LogP contribution in [0.4, 0.5) is 0 Å². The summed E-state index contributed by atoms with van der Waals surface area (Å²) < 4.78 is 0. The Hall–Kier alpha value is -0.0800. The molecular weight excluding hydrogens is 100 g/mol. The molecule has 0 aromatic rings. The molecule has 1 aliphatic heterocycles. The highest BCUT2D eigenvalue weighted by molar-refractivity contribution is 4.76. The van der Waals surface area contributed by atoms with E-state index in [1.165, 1.54) is 19.4 Å². The van der Waals surface area contributed by atoms with Gasteiger partial charge in [-0.25, -0.2) is 0 Å². The lowest BCUT2D eigenvalue weighted by molar-refractivity contribution is 0.317. The predicted molar refractivity (Wildman–Crippen MR) is 34.7 cm³/mol. The van der Waals surface area contributed by atoms with Crippen molar-refractivity contribution in [2.24, 2.45) is 5.73 Å². The van der Waals surface area contributed by atoms with Crippen LogP contribution in [0.15, 0.2) is 0 Å². The average Bonchev–Trinajstić information content (AvgIpc) is 2.14. The van der Waals surface area contributed by atoms with E-state index in [2.05, 4.69) is 11.9 Å². The smallest absolute Gasteiger partial charge is 0.0215 e. The van der Waals surface area contributed by atoms with Crippen LogP contribution >= 0.6 is 0 Å². The van der Waals surface area contributed by atoms with Gasteiger partial charge in [-0.1, -0.05) is 0 Å². The molecule has 1 rings (SSSR count). The van der Waals surface area contributed by atoms with Crippen LogP contribution in [-0.2, 0) is 0 Å². The van der Waals surface area contributed by atoms with Gasteiger partial charge in [0, 0.05) is 12.6 Å². The molecule has 0 aromatic heterocycles. The maximum atomic E-state index is 5.48. The molecule has 2 nitrogen and oxygen atoms in total. The molecule has 0 aliphatic carbocycles. The minimum absolute atomic E-state index is 0.676. The molecule has 1 aliphatic rings. The van der Waals surface area contributed by atoms with Gasteiger partial charge < -0.3 is 10.6 Å². The van der Waals surface area contributed by atoms with Gasteiger partial charge in [0.25, 0.3) is 0 Å². The Bertz CT molecular complexity index is 72.9. The second kappa shape index (κ2) is 2.46. The summed E-state index contributed by atoms with van der Waals surface area (Å²) in [7, 11) is 2.14. The Labute approximate surface area is 50.7 Å². The van der Waals surface area contributed by atoms with E-state index in [9.17, 15) is 0 Å². The normalized spacial score (nSPS) is 31.5. The summed E-state index contributed by atoms with van der Waals surface area (Å²) in [6.45, 7) is 2.07. The van der Waals surface area contributed by atoms with Crippen molar-refractivity contribution in [3.05, 3.63) is 0 Å². The summed E-state index contributed by atoms with van der Waals surface area (Å²) in [5.74, 6) is 0. The lowest BCUT2D eigenvalue weighted by Gasteiger charge is -2.15. The number of likely N-dealkylation sites (tertiary alicyclic amines) is 1. The first-order chi connectivity index (χ1) is 3.84. The van der Waals surface area contributed by atoms with E-state index in [1.54, 1.807) is 0 Å². The molecule has 1 fully saturated rings. The highest BCUT2D eigenvalue weighted by Crippen LogP contribution is 2.12. The first kappa shape index (κ1) is 6.05. The maximum Gasteiger partial charge on any atom is 0.0215 e. The topological polar surface area (TPSA) is 29.3 Å². The second-order valence-corrected chi connectivity index (χ2v) is 2.51. The molecule has 1 saturated heterocycles. The van der Waals surface area contributed by atoms with E-state index < -0.39 is 0 Å². The fourth-order valence-corrected chi connectivity index (χ4v) is 1.28. The fraction of sp³-hybridized carbons (Fsp3) is 1.00. The predicted octanol–water partition coefficient (Wildman–Crippen LogP) is 0.0393. The number of hydrogen-bond donors (Lipinski definition) is 1. The van der Waals surface area contributed by atoms with E-state index in [0.717, 1.165) is 6.54 Å². The summed E-state index contributed by atoms with van der Waals surface area (Å²) in [6, 6.07) is 0.676. The first-order valence-corrected chi connectivity index (χ1v) is 3.25. The molecule has 0 amide bonds. The summed E-state index contributed by atoms with van der Waals surface area (Å²) >= 11 is 0. The quantitative estimate of drug-likeness (QED) is 0.521. The van der Waals surface area contributed by atoms with E-state index in [-0.39, 0.29) is 0 Å². The summed E-state index contributed by atoms with van der Waals surface area (Å²) in [4.78, 5) is 2.33. The van der Waals surface area contributed by atoms with E-state index in [4.69, 9.17) is 5.73 Å². The van der Waals surface area contributed by atoms with Gasteiger partial charge in [-0.3, -0.25) is 0 Å². The first-order valence-electron chi connectivity index (χ1n) is 3.25. The van der Waals surface area contributed by atoms with Gasteiger partial charge in [0.05, 0.1) is 0 Å². The van der Waals surface area contributed by atoms with Gasteiger partial charge in [-0.05, 0) is 26.4 Å². The van der Waals surface area contributed by atoms with Crippen LogP contribution in [0.25, 0.3) is 0 Å². The Morgan fingerprint density at radius 3 is 2.75 bits per heavy atom. The lowest BCUT2D eigenvalue weighted by Crippen LogP contribution is -2.31. The van der Waals surface area contributed by atoms with Crippen molar-refractivity contribution in [3.8, 4) is 0 Å². The van der Waals surface area contributed by atoms with Crippen LogP contribution in [0.2, 0.25) is 0 Å². The Kier molecular flexibility index (Phi) is 1.86. The van der Waals surface area contributed by atoms with Crippen molar-refractivity contribution in [1.82, 2.24) is 4.90 Å². The third-order valence-electron chi connectivity index (χ3n) is 1.94. The minimum Gasteiger partial charge on any atom is -0.329 e. The molecule has 1 unspecified atom stereocenters. The number of nitrogens with zero attached hydrogens (tertiary/aromatic N) is 1. The van der Waals surface area contributed by atoms with E-state index >= 15 is 0 Å². The van der Waals surface area contributed by atoms with Gasteiger partial charge in [-0.15, -0.1) is 0 Å². The van der Waals surface area contributed by atoms with Crippen molar-refractivity contribution in [2.75, 3.05) is 20.1 Å². The fourth-order valence-electron chi connectivity index (χ4n) is 1.28. The Balaban J connectivity index is 2.30. The maximum absolute atomic E-state index is 5.48. The molecule has 0 radical (unpaired) electrons. The van der Waals surface area contributed by atoms with Crippen molar-refractivity contribution in [3.63, 3.8) is 0 Å². The molecule has 0 spiro atoms. The minimum atomic E-state index is 0.676. The molecule has 0 bridgehead atoms. The van der Waals surface area contributed by atoms with Crippen LogP contribution in [-0.4, -0.2) is 31.1 Å². The third-order valence-corrected chi connectivity index (χ3v) is 1.94. The summed E-state index contributed by atoms with van der Waals surface area (Å²) in [5, 5.41) is 0. The van der Waals surface area contributed by atoms with Gasteiger partial charge in [0.1, 0.15) is 0 Å². The molecule has 1 atom stereocenters. The molecule has 2 N–H and O–H groups in total. The molecule has 2 heteroatoms. The number of rotatable bonds is 1. The second-order valence-electron chi connectivity index (χ2n) is 2.51. The van der Waals surface area contributed by atoms with Crippen LogP contribution < -0.4 is 5.73 Å². The SMILES string of the molecule is CN1CCCC1CN. The molecule has 0 saturated carbocycles. The Morgan fingerprint density at radius 1 is 1.75 bits per heavy atom. The van der Waals surface area contributed by atoms with E-state index in [1.807, 2.05) is 0 Å². The molecule has 1 heterocycles. The van der Waals surface area contributed by atoms with Gasteiger partial charge in [0.2, 0.25) is 0 Å². The third kappa shape index (κ3) is 1.01. The van der Waals surface area contributed by atoms with E-state index in [0.29, 0.717) is 6.04 Å². The summed E-state index contributed by atoms with van der Waals surface area (Å²) in [5.41, 5.74) is 5.48. The monoisotopic (exact) mass is 114 g/mol. The number of likely N-dealkylation sites (N-methyl/N-ethyl adjacent to an activating group) is 1. The standard InChI is InChI=1S/C6H14N2/c1-8-4-2-3-6(8)5-7/h6H,2-5,7H2,1H3. The largest absolute Gasteiger partial charge is 0.329 e. The molecular formula is C6H14N2. The van der Waals surface area contributed by atoms with Crippen LogP contribution in [0.5, 0.6) is 0 Å². The molecule has 0 aromatic carbocycles. The highest BCUT2D eigenvalue weighted by Gasteiger charge is 2.17.